The van der Waals surface area contributed by atoms with Crippen LogP contribution in [0, 0.1) is 13.8 Å². The van der Waals surface area contributed by atoms with Crippen molar-refractivity contribution in [2.75, 3.05) is 7.05 Å². The fourth-order valence-corrected chi connectivity index (χ4v) is 3.14. The number of carbonyl (C=O) groups is 1. The molecule has 0 saturated heterocycles. The SMILES string of the molecule is Cc1cccc(CCC(=O)N(C)Cc2sccc2C)c1. The van der Waals surface area contributed by atoms with Crippen LogP contribution in [-0.2, 0) is 17.8 Å². The molecule has 2 nitrogen and oxygen atoms in total. The van der Waals surface area contributed by atoms with Crippen LogP contribution in [0.2, 0.25) is 0 Å². The van der Waals surface area contributed by atoms with E-state index < -0.39 is 0 Å². The van der Waals surface area contributed by atoms with Crippen molar-refractivity contribution < 1.29 is 4.79 Å². The maximum atomic E-state index is 12.2. The van der Waals surface area contributed by atoms with E-state index in [-0.39, 0.29) is 5.91 Å². The van der Waals surface area contributed by atoms with Crippen molar-refractivity contribution in [1.82, 2.24) is 4.90 Å². The minimum absolute atomic E-state index is 0.208. The van der Waals surface area contributed by atoms with Crippen LogP contribution >= 0.6 is 11.3 Å². The summed E-state index contributed by atoms with van der Waals surface area (Å²) < 4.78 is 0. The molecule has 0 spiro atoms. The van der Waals surface area contributed by atoms with Gasteiger partial charge in [-0.25, -0.2) is 0 Å². The fourth-order valence-electron chi connectivity index (χ4n) is 2.18. The van der Waals surface area contributed by atoms with E-state index in [4.69, 9.17) is 0 Å². The van der Waals surface area contributed by atoms with E-state index in [0.717, 1.165) is 13.0 Å². The van der Waals surface area contributed by atoms with Gasteiger partial charge in [-0.1, -0.05) is 29.8 Å². The molecule has 0 bridgehead atoms. The number of hydrogen-bond acceptors (Lipinski definition) is 2. The molecule has 3 heteroatoms. The molecule has 1 heterocycles. The zero-order chi connectivity index (χ0) is 14.5. The Morgan fingerprint density at radius 2 is 2.05 bits per heavy atom. The molecule has 0 aliphatic heterocycles. The summed E-state index contributed by atoms with van der Waals surface area (Å²) >= 11 is 1.72. The highest BCUT2D eigenvalue weighted by Crippen LogP contribution is 2.17. The summed E-state index contributed by atoms with van der Waals surface area (Å²) in [7, 11) is 1.89. The number of amides is 1. The van der Waals surface area contributed by atoms with Gasteiger partial charge in [0.05, 0.1) is 6.54 Å². The topological polar surface area (TPSA) is 20.3 Å². The molecule has 1 aromatic heterocycles. The predicted octanol–water partition coefficient (Wildman–Crippen LogP) is 3.96. The number of benzene rings is 1. The Bertz CT molecular complexity index is 588. The van der Waals surface area contributed by atoms with Gasteiger partial charge in [-0.3, -0.25) is 4.79 Å². The Hall–Kier alpha value is -1.61. The maximum absolute atomic E-state index is 12.2. The zero-order valence-corrected chi connectivity index (χ0v) is 13.2. The van der Waals surface area contributed by atoms with Crippen molar-refractivity contribution in [3.8, 4) is 0 Å². The Morgan fingerprint density at radius 1 is 1.25 bits per heavy atom. The third-order valence-corrected chi connectivity index (χ3v) is 4.49. The van der Waals surface area contributed by atoms with E-state index in [1.54, 1.807) is 11.3 Å². The molecular formula is C17H21NOS. The fraction of sp³-hybridized carbons (Fsp3) is 0.353. The molecule has 0 aliphatic rings. The largest absolute Gasteiger partial charge is 0.341 e. The summed E-state index contributed by atoms with van der Waals surface area (Å²) in [6.45, 7) is 4.89. The van der Waals surface area contributed by atoms with Gasteiger partial charge in [-0.05, 0) is 42.8 Å². The van der Waals surface area contributed by atoms with Crippen LogP contribution in [0.3, 0.4) is 0 Å². The lowest BCUT2D eigenvalue weighted by Gasteiger charge is -2.17. The number of aryl methyl sites for hydroxylation is 3. The second-order valence-corrected chi connectivity index (χ2v) is 6.27. The monoisotopic (exact) mass is 287 g/mol. The van der Waals surface area contributed by atoms with Gasteiger partial charge in [0, 0.05) is 18.3 Å². The van der Waals surface area contributed by atoms with Crippen molar-refractivity contribution in [3.63, 3.8) is 0 Å². The number of nitrogens with zero attached hydrogens (tertiary/aromatic N) is 1. The van der Waals surface area contributed by atoms with Crippen molar-refractivity contribution >= 4 is 17.2 Å². The van der Waals surface area contributed by atoms with Gasteiger partial charge in [0.2, 0.25) is 5.91 Å². The van der Waals surface area contributed by atoms with Crippen LogP contribution in [-0.4, -0.2) is 17.9 Å². The van der Waals surface area contributed by atoms with Crippen molar-refractivity contribution in [2.45, 2.75) is 33.2 Å². The van der Waals surface area contributed by atoms with Crippen LogP contribution < -0.4 is 0 Å². The van der Waals surface area contributed by atoms with Crippen LogP contribution in [0.25, 0.3) is 0 Å². The lowest BCUT2D eigenvalue weighted by molar-refractivity contribution is -0.130. The molecule has 2 rings (SSSR count). The maximum Gasteiger partial charge on any atom is 0.222 e. The first-order chi connectivity index (χ1) is 9.56. The van der Waals surface area contributed by atoms with Gasteiger partial charge in [0.25, 0.3) is 0 Å². The van der Waals surface area contributed by atoms with E-state index in [0.29, 0.717) is 6.42 Å². The Kier molecular flexibility index (Phi) is 4.96. The molecule has 1 amide bonds. The van der Waals surface area contributed by atoms with Crippen LogP contribution in [0.4, 0.5) is 0 Å². The minimum Gasteiger partial charge on any atom is -0.341 e. The Balaban J connectivity index is 1.87. The molecule has 1 aromatic carbocycles. The highest BCUT2D eigenvalue weighted by atomic mass is 32.1. The second kappa shape index (κ2) is 6.71. The average Bonchev–Trinajstić information content (AvgIpc) is 2.81. The summed E-state index contributed by atoms with van der Waals surface area (Å²) in [6.07, 6.45) is 1.39. The summed E-state index contributed by atoms with van der Waals surface area (Å²) in [5.74, 6) is 0.208. The van der Waals surface area contributed by atoms with Gasteiger partial charge in [-0.2, -0.15) is 0 Å². The first-order valence-electron chi connectivity index (χ1n) is 6.89. The first-order valence-corrected chi connectivity index (χ1v) is 7.76. The first kappa shape index (κ1) is 14.8. The predicted molar refractivity (Wildman–Crippen MR) is 85.0 cm³/mol. The Morgan fingerprint density at radius 3 is 2.70 bits per heavy atom. The van der Waals surface area contributed by atoms with Crippen molar-refractivity contribution in [2.24, 2.45) is 0 Å². The number of rotatable bonds is 5. The quantitative estimate of drug-likeness (QED) is 0.815. The molecular weight excluding hydrogens is 266 g/mol. The molecule has 0 atom stereocenters. The average molecular weight is 287 g/mol. The van der Waals surface area contributed by atoms with Gasteiger partial charge in [0.15, 0.2) is 0 Å². The van der Waals surface area contributed by atoms with Crippen molar-refractivity contribution in [3.05, 3.63) is 57.3 Å². The van der Waals surface area contributed by atoms with Crippen LogP contribution in [0.1, 0.15) is 28.0 Å². The molecule has 0 N–H and O–H groups in total. The third-order valence-electron chi connectivity index (χ3n) is 3.48. The lowest BCUT2D eigenvalue weighted by atomic mass is 10.1. The summed E-state index contributed by atoms with van der Waals surface area (Å²) in [4.78, 5) is 15.3. The molecule has 106 valence electrons. The Labute approximate surface area is 125 Å². The van der Waals surface area contributed by atoms with Crippen LogP contribution in [0.15, 0.2) is 35.7 Å². The highest BCUT2D eigenvalue weighted by Gasteiger charge is 2.11. The van der Waals surface area contributed by atoms with Crippen molar-refractivity contribution in [1.29, 1.82) is 0 Å². The molecule has 0 fully saturated rings. The molecule has 0 aliphatic carbocycles. The number of thiophene rings is 1. The lowest BCUT2D eigenvalue weighted by Crippen LogP contribution is -2.26. The number of hydrogen-bond donors (Lipinski definition) is 0. The van der Waals surface area contributed by atoms with E-state index in [2.05, 4.69) is 43.5 Å². The van der Waals surface area contributed by atoms with E-state index >= 15 is 0 Å². The normalized spacial score (nSPS) is 10.6. The summed E-state index contributed by atoms with van der Waals surface area (Å²) in [6, 6.07) is 10.5. The third kappa shape index (κ3) is 3.94. The summed E-state index contributed by atoms with van der Waals surface area (Å²) in [5.41, 5.74) is 3.75. The number of carbonyl (C=O) groups excluding carboxylic acids is 1. The van der Waals surface area contributed by atoms with Gasteiger partial charge < -0.3 is 4.90 Å². The standard InChI is InChI=1S/C17H21NOS/c1-13-5-4-6-15(11-13)7-8-17(19)18(3)12-16-14(2)9-10-20-16/h4-6,9-11H,7-8,12H2,1-3H3. The highest BCUT2D eigenvalue weighted by molar-refractivity contribution is 7.10. The molecule has 0 unspecified atom stereocenters. The molecule has 0 saturated carbocycles. The van der Waals surface area contributed by atoms with Crippen LogP contribution in [0.5, 0.6) is 0 Å². The van der Waals surface area contributed by atoms with Gasteiger partial charge in [-0.15, -0.1) is 11.3 Å². The minimum atomic E-state index is 0.208. The smallest absolute Gasteiger partial charge is 0.222 e. The zero-order valence-electron chi connectivity index (χ0n) is 12.3. The molecule has 2 aromatic rings. The van der Waals surface area contributed by atoms with Gasteiger partial charge >= 0.3 is 0 Å². The van der Waals surface area contributed by atoms with E-state index in [1.807, 2.05) is 18.0 Å². The van der Waals surface area contributed by atoms with E-state index in [9.17, 15) is 4.79 Å². The molecule has 0 radical (unpaired) electrons. The second-order valence-electron chi connectivity index (χ2n) is 5.27. The summed E-state index contributed by atoms with van der Waals surface area (Å²) in [5, 5.41) is 2.08. The van der Waals surface area contributed by atoms with Gasteiger partial charge in [0.1, 0.15) is 0 Å². The van der Waals surface area contributed by atoms with E-state index in [1.165, 1.54) is 21.6 Å². The molecule has 20 heavy (non-hydrogen) atoms.